The predicted octanol–water partition coefficient (Wildman–Crippen LogP) is 12.1. The van der Waals surface area contributed by atoms with Gasteiger partial charge in [0.2, 0.25) is 0 Å². The van der Waals surface area contributed by atoms with E-state index in [4.69, 9.17) is 4.98 Å². The molecule has 0 saturated carbocycles. The molecular formula is C43H30N2. The maximum Gasteiger partial charge on any atom is 0.0971 e. The van der Waals surface area contributed by atoms with Crippen LogP contribution in [0.15, 0.2) is 151 Å². The average Bonchev–Trinajstić information content (AvgIpc) is 3.10. The van der Waals surface area contributed by atoms with Crippen LogP contribution in [0.2, 0.25) is 0 Å². The highest BCUT2D eigenvalue weighted by Crippen LogP contribution is 2.44. The molecule has 0 radical (unpaired) electrons. The summed E-state index contributed by atoms with van der Waals surface area (Å²) < 4.78 is 0. The first kappa shape index (κ1) is 26.7. The fraction of sp³-hybridized carbons (Fsp3) is 0.0233. The monoisotopic (exact) mass is 574 g/mol. The summed E-state index contributed by atoms with van der Waals surface area (Å²) in [5.74, 6) is 0. The van der Waals surface area contributed by atoms with Gasteiger partial charge >= 0.3 is 0 Å². The lowest BCUT2D eigenvalue weighted by Crippen LogP contribution is -1.91. The van der Waals surface area contributed by atoms with Crippen LogP contribution in [0.25, 0.3) is 82.8 Å². The van der Waals surface area contributed by atoms with E-state index >= 15 is 0 Å². The Bertz CT molecular complexity index is 2390. The summed E-state index contributed by atoms with van der Waals surface area (Å²) in [7, 11) is 0. The molecule has 0 saturated heterocycles. The molecule has 45 heavy (non-hydrogen) atoms. The second-order valence-electron chi connectivity index (χ2n) is 11.4. The molecule has 7 aromatic carbocycles. The fourth-order valence-electron chi connectivity index (χ4n) is 6.73. The highest BCUT2D eigenvalue weighted by atomic mass is 14.8. The third-order valence-electron chi connectivity index (χ3n) is 8.81. The maximum atomic E-state index is 5.06. The lowest BCUT2D eigenvalue weighted by atomic mass is 9.85. The summed E-state index contributed by atoms with van der Waals surface area (Å²) in [5, 5.41) is 8.55. The van der Waals surface area contributed by atoms with Gasteiger partial charge in [-0.25, -0.2) is 4.98 Å². The number of aromatic nitrogens is 1. The zero-order valence-electron chi connectivity index (χ0n) is 25.0. The lowest BCUT2D eigenvalue weighted by molar-refractivity contribution is 1.38. The standard InChI is InChI=1S/C43H30N2/c1-3-10-31-22-23-32-25-26-39(45-43(32)42(31)44-2)29-18-20-30(21-19-29)40-35-13-6-8-15-37(35)41(38-16-9-7-14-36(38)40)34-24-17-28-11-4-5-12-33(28)27-34/h3-27H,2H2,1H3/b10-3-. The van der Waals surface area contributed by atoms with Crippen molar-refractivity contribution < 1.29 is 0 Å². The van der Waals surface area contributed by atoms with E-state index in [1.165, 1.54) is 54.6 Å². The number of rotatable bonds is 5. The molecule has 0 atom stereocenters. The second-order valence-corrected chi connectivity index (χ2v) is 11.4. The van der Waals surface area contributed by atoms with Crippen LogP contribution in [0.3, 0.4) is 0 Å². The molecule has 2 nitrogen and oxygen atoms in total. The normalized spacial score (nSPS) is 11.7. The molecule has 0 aliphatic carbocycles. The molecule has 1 aromatic heterocycles. The largest absolute Gasteiger partial charge is 0.262 e. The van der Waals surface area contributed by atoms with E-state index in [-0.39, 0.29) is 0 Å². The first-order valence-electron chi connectivity index (χ1n) is 15.3. The van der Waals surface area contributed by atoms with Crippen molar-refractivity contribution >= 4 is 61.7 Å². The quantitative estimate of drug-likeness (QED) is 0.148. The van der Waals surface area contributed by atoms with Gasteiger partial charge in [-0.2, -0.15) is 0 Å². The van der Waals surface area contributed by atoms with Crippen LogP contribution in [0.4, 0.5) is 5.69 Å². The Labute approximate surface area is 262 Å². The molecule has 0 spiro atoms. The summed E-state index contributed by atoms with van der Waals surface area (Å²) in [5.41, 5.74) is 9.61. The van der Waals surface area contributed by atoms with E-state index in [9.17, 15) is 0 Å². The molecule has 8 rings (SSSR count). The predicted molar refractivity (Wildman–Crippen MR) is 194 cm³/mol. The molecule has 0 unspecified atom stereocenters. The second kappa shape index (κ2) is 11.0. The van der Waals surface area contributed by atoms with Gasteiger partial charge in [0, 0.05) is 16.5 Å². The van der Waals surface area contributed by atoms with Crippen molar-refractivity contribution in [2.24, 2.45) is 4.99 Å². The van der Waals surface area contributed by atoms with Gasteiger partial charge in [0.1, 0.15) is 0 Å². The van der Waals surface area contributed by atoms with Gasteiger partial charge in [-0.05, 0) is 80.3 Å². The minimum Gasteiger partial charge on any atom is -0.262 e. The van der Waals surface area contributed by atoms with Crippen molar-refractivity contribution in [3.8, 4) is 33.5 Å². The average molecular weight is 575 g/mol. The number of fused-ring (bicyclic) bond motifs is 4. The molecule has 0 aliphatic rings. The van der Waals surface area contributed by atoms with Crippen LogP contribution in [-0.4, -0.2) is 11.7 Å². The van der Waals surface area contributed by atoms with E-state index in [0.29, 0.717) is 0 Å². The van der Waals surface area contributed by atoms with Crippen molar-refractivity contribution in [3.05, 3.63) is 151 Å². The van der Waals surface area contributed by atoms with Crippen molar-refractivity contribution in [1.29, 1.82) is 0 Å². The van der Waals surface area contributed by atoms with Crippen LogP contribution in [0.5, 0.6) is 0 Å². The van der Waals surface area contributed by atoms with Gasteiger partial charge in [0.05, 0.1) is 16.9 Å². The van der Waals surface area contributed by atoms with Crippen molar-refractivity contribution in [3.63, 3.8) is 0 Å². The van der Waals surface area contributed by atoms with E-state index < -0.39 is 0 Å². The molecule has 0 aliphatic heterocycles. The highest BCUT2D eigenvalue weighted by Gasteiger charge is 2.17. The summed E-state index contributed by atoms with van der Waals surface area (Å²) in [6.07, 6.45) is 4.06. The molecule has 0 N–H and O–H groups in total. The van der Waals surface area contributed by atoms with Gasteiger partial charge in [-0.1, -0.05) is 140 Å². The number of allylic oxidation sites excluding steroid dienone is 1. The van der Waals surface area contributed by atoms with Crippen LogP contribution >= 0.6 is 0 Å². The Morgan fingerprint density at radius 3 is 1.71 bits per heavy atom. The maximum absolute atomic E-state index is 5.06. The number of hydrogen-bond acceptors (Lipinski definition) is 2. The smallest absolute Gasteiger partial charge is 0.0971 e. The lowest BCUT2D eigenvalue weighted by Gasteiger charge is -2.18. The van der Waals surface area contributed by atoms with Crippen LogP contribution in [-0.2, 0) is 0 Å². The Morgan fingerprint density at radius 2 is 1.07 bits per heavy atom. The first-order valence-corrected chi connectivity index (χ1v) is 15.3. The van der Waals surface area contributed by atoms with E-state index in [0.717, 1.165) is 33.4 Å². The van der Waals surface area contributed by atoms with E-state index in [2.05, 4.69) is 151 Å². The number of pyridine rings is 1. The van der Waals surface area contributed by atoms with Gasteiger partial charge < -0.3 is 0 Å². The Morgan fingerprint density at radius 1 is 0.533 bits per heavy atom. The number of nitrogens with zero attached hydrogens (tertiary/aromatic N) is 2. The first-order chi connectivity index (χ1) is 22.2. The molecule has 2 heteroatoms. The zero-order chi connectivity index (χ0) is 30.3. The Kier molecular flexibility index (Phi) is 6.54. The number of benzene rings is 7. The molecule has 1 heterocycles. The highest BCUT2D eigenvalue weighted by molar-refractivity contribution is 6.21. The fourth-order valence-corrected chi connectivity index (χ4v) is 6.73. The SMILES string of the molecule is C=Nc1c(/C=C\C)ccc2ccc(-c3ccc(-c4c5ccccc5c(-c5ccc6ccccc6c5)c5ccccc45)cc3)nc12. The van der Waals surface area contributed by atoms with E-state index in [1.807, 2.05) is 19.1 Å². The number of aliphatic imine (C=N–C) groups is 1. The van der Waals surface area contributed by atoms with Crippen molar-refractivity contribution in [1.82, 2.24) is 4.98 Å². The third kappa shape index (κ3) is 4.51. The number of hydrogen-bond donors (Lipinski definition) is 0. The van der Waals surface area contributed by atoms with Gasteiger partial charge in [-0.3, -0.25) is 4.99 Å². The van der Waals surface area contributed by atoms with Gasteiger partial charge in [0.25, 0.3) is 0 Å². The van der Waals surface area contributed by atoms with Crippen LogP contribution in [0.1, 0.15) is 12.5 Å². The van der Waals surface area contributed by atoms with E-state index in [1.54, 1.807) is 0 Å². The van der Waals surface area contributed by atoms with Crippen LogP contribution < -0.4 is 0 Å². The molecular weight excluding hydrogens is 544 g/mol. The topological polar surface area (TPSA) is 25.2 Å². The Hall–Kier alpha value is -5.86. The third-order valence-corrected chi connectivity index (χ3v) is 8.81. The van der Waals surface area contributed by atoms with Crippen molar-refractivity contribution in [2.45, 2.75) is 6.92 Å². The summed E-state index contributed by atoms with van der Waals surface area (Å²) >= 11 is 0. The summed E-state index contributed by atoms with van der Waals surface area (Å²) in [6.45, 7) is 5.84. The summed E-state index contributed by atoms with van der Waals surface area (Å²) in [6, 6.07) is 50.2. The van der Waals surface area contributed by atoms with Gasteiger partial charge in [-0.15, -0.1) is 0 Å². The molecule has 0 fully saturated rings. The molecule has 212 valence electrons. The summed E-state index contributed by atoms with van der Waals surface area (Å²) in [4.78, 5) is 9.40. The molecule has 8 aromatic rings. The minimum absolute atomic E-state index is 0.813. The van der Waals surface area contributed by atoms with Gasteiger partial charge in [0.15, 0.2) is 0 Å². The Balaban J connectivity index is 1.29. The van der Waals surface area contributed by atoms with Crippen LogP contribution in [0, 0.1) is 0 Å². The molecule has 0 amide bonds. The molecule has 0 bridgehead atoms. The van der Waals surface area contributed by atoms with Crippen molar-refractivity contribution in [2.75, 3.05) is 0 Å². The zero-order valence-corrected chi connectivity index (χ0v) is 25.0. The minimum atomic E-state index is 0.813.